The van der Waals surface area contributed by atoms with Gasteiger partial charge in [-0.3, -0.25) is 9.59 Å². The van der Waals surface area contributed by atoms with E-state index < -0.39 is 12.1 Å². The number of carbonyl (C=O) groups is 2. The van der Waals surface area contributed by atoms with Crippen LogP contribution in [0, 0.1) is 5.82 Å². The largest absolute Gasteiger partial charge is 0.347 e. The predicted octanol–water partition coefficient (Wildman–Crippen LogP) is 2.50. The van der Waals surface area contributed by atoms with Gasteiger partial charge in [-0.05, 0) is 24.5 Å². The van der Waals surface area contributed by atoms with Crippen LogP contribution in [0.15, 0.2) is 54.6 Å². The topological polar surface area (TPSA) is 58.2 Å². The van der Waals surface area contributed by atoms with Gasteiger partial charge in [0.25, 0.3) is 0 Å². The van der Waals surface area contributed by atoms with E-state index in [1.165, 1.54) is 6.07 Å². The predicted molar refractivity (Wildman–Crippen MR) is 88.6 cm³/mol. The highest BCUT2D eigenvalue weighted by Gasteiger charge is 2.29. The average molecular weight is 326 g/mol. The minimum Gasteiger partial charge on any atom is -0.347 e. The Kier molecular flexibility index (Phi) is 4.89. The molecule has 2 N–H and O–H groups in total. The summed E-state index contributed by atoms with van der Waals surface area (Å²) in [7, 11) is 0. The molecule has 1 fully saturated rings. The summed E-state index contributed by atoms with van der Waals surface area (Å²) in [4.78, 5) is 23.7. The van der Waals surface area contributed by atoms with Crippen molar-refractivity contribution in [3.8, 4) is 0 Å². The van der Waals surface area contributed by atoms with Gasteiger partial charge in [0.1, 0.15) is 11.9 Å². The van der Waals surface area contributed by atoms with Crippen LogP contribution in [0.4, 0.5) is 4.39 Å². The lowest BCUT2D eigenvalue weighted by Gasteiger charge is -2.22. The molecule has 2 aromatic rings. The van der Waals surface area contributed by atoms with Crippen molar-refractivity contribution in [3.63, 3.8) is 0 Å². The lowest BCUT2D eigenvalue weighted by atomic mass is 9.98. The molecule has 0 aromatic heterocycles. The molecule has 4 nitrogen and oxygen atoms in total. The van der Waals surface area contributed by atoms with E-state index in [1.807, 2.05) is 30.3 Å². The van der Waals surface area contributed by atoms with E-state index in [1.54, 1.807) is 18.2 Å². The first-order chi connectivity index (χ1) is 11.6. The highest BCUT2D eigenvalue weighted by Crippen LogP contribution is 2.22. The summed E-state index contributed by atoms with van der Waals surface area (Å²) < 4.78 is 14.2. The van der Waals surface area contributed by atoms with Crippen molar-refractivity contribution < 1.29 is 14.0 Å². The first-order valence-corrected chi connectivity index (χ1v) is 8.01. The van der Waals surface area contributed by atoms with Crippen molar-refractivity contribution in [2.45, 2.75) is 31.3 Å². The third-order valence-corrected chi connectivity index (χ3v) is 4.19. The van der Waals surface area contributed by atoms with Gasteiger partial charge in [0.2, 0.25) is 11.8 Å². The zero-order valence-electron chi connectivity index (χ0n) is 13.2. The Labute approximate surface area is 140 Å². The fraction of sp³-hybridized carbons (Fsp3) is 0.263. The molecule has 1 saturated heterocycles. The van der Waals surface area contributed by atoms with E-state index in [-0.39, 0.29) is 17.6 Å². The highest BCUT2D eigenvalue weighted by atomic mass is 19.1. The van der Waals surface area contributed by atoms with Crippen LogP contribution in [-0.4, -0.2) is 17.9 Å². The number of carbonyl (C=O) groups excluding carboxylic acids is 2. The fourth-order valence-corrected chi connectivity index (χ4v) is 2.93. The van der Waals surface area contributed by atoms with Crippen LogP contribution in [0.1, 0.15) is 30.0 Å². The van der Waals surface area contributed by atoms with Crippen LogP contribution in [0.2, 0.25) is 0 Å². The Morgan fingerprint density at radius 1 is 1.17 bits per heavy atom. The molecule has 0 unspecified atom stereocenters. The van der Waals surface area contributed by atoms with E-state index in [9.17, 15) is 14.0 Å². The monoisotopic (exact) mass is 326 g/mol. The molecule has 0 spiro atoms. The summed E-state index contributed by atoms with van der Waals surface area (Å²) in [5.74, 6) is -0.750. The summed E-state index contributed by atoms with van der Waals surface area (Å²) in [5, 5.41) is 5.54. The van der Waals surface area contributed by atoms with Crippen LogP contribution >= 0.6 is 0 Å². The SMILES string of the molecule is O=C1CC[C@@H](C(=O)N[C@@H](Cc2ccccc2)c2ccccc2F)N1. The summed E-state index contributed by atoms with van der Waals surface area (Å²) >= 11 is 0. The third-order valence-electron chi connectivity index (χ3n) is 4.19. The van der Waals surface area contributed by atoms with Crippen LogP contribution in [0.25, 0.3) is 0 Å². The number of halogens is 1. The van der Waals surface area contributed by atoms with Crippen molar-refractivity contribution >= 4 is 11.8 Å². The molecule has 0 aliphatic carbocycles. The number of hydrogen-bond acceptors (Lipinski definition) is 2. The van der Waals surface area contributed by atoms with E-state index in [4.69, 9.17) is 0 Å². The minimum atomic E-state index is -0.539. The molecule has 1 heterocycles. The van der Waals surface area contributed by atoms with Gasteiger partial charge in [0.05, 0.1) is 6.04 Å². The molecule has 5 heteroatoms. The molecular formula is C19H19FN2O2. The molecule has 2 atom stereocenters. The second-order valence-corrected chi connectivity index (χ2v) is 5.93. The van der Waals surface area contributed by atoms with Crippen LogP contribution in [-0.2, 0) is 16.0 Å². The van der Waals surface area contributed by atoms with Gasteiger partial charge in [-0.15, -0.1) is 0 Å². The van der Waals surface area contributed by atoms with Gasteiger partial charge in [0.15, 0.2) is 0 Å². The smallest absolute Gasteiger partial charge is 0.243 e. The molecular weight excluding hydrogens is 307 g/mol. The van der Waals surface area contributed by atoms with Gasteiger partial charge >= 0.3 is 0 Å². The van der Waals surface area contributed by atoms with Gasteiger partial charge in [-0.2, -0.15) is 0 Å². The van der Waals surface area contributed by atoms with Crippen LogP contribution in [0.3, 0.4) is 0 Å². The second-order valence-electron chi connectivity index (χ2n) is 5.93. The number of amides is 2. The summed E-state index contributed by atoms with van der Waals surface area (Å²) in [6, 6.07) is 15.0. The number of benzene rings is 2. The fourth-order valence-electron chi connectivity index (χ4n) is 2.93. The van der Waals surface area contributed by atoms with Gasteiger partial charge < -0.3 is 10.6 Å². The van der Waals surface area contributed by atoms with Crippen molar-refractivity contribution in [1.82, 2.24) is 10.6 Å². The molecule has 2 amide bonds. The normalized spacial score (nSPS) is 18.0. The maximum absolute atomic E-state index is 14.2. The van der Waals surface area contributed by atoms with Crippen molar-refractivity contribution in [2.24, 2.45) is 0 Å². The number of nitrogens with one attached hydrogen (secondary N) is 2. The van der Waals surface area contributed by atoms with Gasteiger partial charge in [-0.25, -0.2) is 4.39 Å². The third kappa shape index (κ3) is 3.79. The molecule has 1 aliphatic heterocycles. The quantitative estimate of drug-likeness (QED) is 0.887. The van der Waals surface area contributed by atoms with Crippen molar-refractivity contribution in [3.05, 3.63) is 71.5 Å². The lowest BCUT2D eigenvalue weighted by molar-refractivity contribution is -0.126. The van der Waals surface area contributed by atoms with Gasteiger partial charge in [-0.1, -0.05) is 48.5 Å². The molecule has 3 rings (SSSR count). The van der Waals surface area contributed by atoms with Gasteiger partial charge in [0, 0.05) is 12.0 Å². The van der Waals surface area contributed by atoms with E-state index >= 15 is 0 Å². The van der Waals surface area contributed by atoms with Crippen LogP contribution < -0.4 is 10.6 Å². The second kappa shape index (κ2) is 7.25. The maximum atomic E-state index is 14.2. The van der Waals surface area contributed by atoms with Crippen molar-refractivity contribution in [2.75, 3.05) is 0 Å². The Hall–Kier alpha value is -2.69. The van der Waals surface area contributed by atoms with E-state index in [0.717, 1.165) is 5.56 Å². The number of rotatable bonds is 5. The Morgan fingerprint density at radius 3 is 2.54 bits per heavy atom. The lowest BCUT2D eigenvalue weighted by Crippen LogP contribution is -2.43. The van der Waals surface area contributed by atoms with Crippen LogP contribution in [0.5, 0.6) is 0 Å². The minimum absolute atomic E-state index is 0.124. The maximum Gasteiger partial charge on any atom is 0.243 e. The van der Waals surface area contributed by atoms with E-state index in [0.29, 0.717) is 24.8 Å². The molecule has 2 aromatic carbocycles. The Balaban J connectivity index is 1.80. The van der Waals surface area contributed by atoms with Crippen molar-refractivity contribution in [1.29, 1.82) is 0 Å². The molecule has 0 radical (unpaired) electrons. The first kappa shape index (κ1) is 16.2. The zero-order chi connectivity index (χ0) is 16.9. The summed E-state index contributed by atoms with van der Waals surface area (Å²) in [6.07, 6.45) is 1.30. The zero-order valence-corrected chi connectivity index (χ0v) is 13.2. The standard InChI is InChI=1S/C19H19FN2O2/c20-15-9-5-4-8-14(15)17(12-13-6-2-1-3-7-13)22-19(24)16-10-11-18(23)21-16/h1-9,16-17H,10-12H2,(H,21,23)(H,22,24)/t16-,17-/m0/s1. The van der Waals surface area contributed by atoms with E-state index in [2.05, 4.69) is 10.6 Å². The summed E-state index contributed by atoms with van der Waals surface area (Å²) in [6.45, 7) is 0. The Bertz CT molecular complexity index is 733. The molecule has 24 heavy (non-hydrogen) atoms. The first-order valence-electron chi connectivity index (χ1n) is 8.01. The molecule has 0 saturated carbocycles. The molecule has 1 aliphatic rings. The average Bonchev–Trinajstić information content (AvgIpc) is 3.02. The highest BCUT2D eigenvalue weighted by molar-refractivity contribution is 5.91. The molecule has 0 bridgehead atoms. The Morgan fingerprint density at radius 2 is 1.88 bits per heavy atom. The number of hydrogen-bond donors (Lipinski definition) is 2. The molecule has 124 valence electrons. The summed E-state index contributed by atoms with van der Waals surface area (Å²) in [5.41, 5.74) is 1.44.